The van der Waals surface area contributed by atoms with Crippen molar-refractivity contribution in [2.45, 2.75) is 0 Å². The van der Waals surface area contributed by atoms with E-state index in [9.17, 15) is 0 Å². The van der Waals surface area contributed by atoms with Crippen LogP contribution in [0.2, 0.25) is 4.34 Å². The molecule has 1 aromatic carbocycles. The molecule has 1 heterocycles. The number of nitrogens with two attached hydrogens (primary N) is 2. The lowest BCUT2D eigenvalue weighted by Crippen LogP contribution is -2.22. The van der Waals surface area contributed by atoms with Crippen LogP contribution in [-0.4, -0.2) is 11.7 Å². The predicted molar refractivity (Wildman–Crippen MR) is 77.2 cm³/mol. The highest BCUT2D eigenvalue weighted by Crippen LogP contribution is 2.24. The summed E-state index contributed by atoms with van der Waals surface area (Å²) in [5.74, 6) is -0.0777. The van der Waals surface area contributed by atoms with Crippen LogP contribution in [0.25, 0.3) is 0 Å². The van der Waals surface area contributed by atoms with E-state index in [1.807, 2.05) is 42.5 Å². The summed E-state index contributed by atoms with van der Waals surface area (Å²) in [7, 11) is 0. The quantitative estimate of drug-likeness (QED) is 0.514. The average Bonchev–Trinajstić information content (AvgIpc) is 2.77. The minimum atomic E-state index is -0.0777. The Morgan fingerprint density at radius 2 is 1.72 bits per heavy atom. The first-order valence-corrected chi connectivity index (χ1v) is 6.34. The zero-order valence-corrected chi connectivity index (χ0v) is 10.9. The van der Waals surface area contributed by atoms with Crippen LogP contribution >= 0.6 is 22.9 Å². The smallest absolute Gasteiger partial charge is 0.211 e. The first-order chi connectivity index (χ1) is 8.66. The molecule has 92 valence electrons. The van der Waals surface area contributed by atoms with Crippen LogP contribution in [0, 0.1) is 0 Å². The number of hydrogen-bond donors (Lipinski definition) is 2. The molecule has 0 aliphatic heterocycles. The third-order valence-corrected chi connectivity index (χ3v) is 3.36. The molecule has 0 aliphatic rings. The molecule has 4 nitrogen and oxygen atoms in total. The molecule has 0 radical (unpaired) electrons. The normalized spacial score (nSPS) is 11.3. The van der Waals surface area contributed by atoms with Gasteiger partial charge < -0.3 is 11.5 Å². The lowest BCUT2D eigenvalue weighted by molar-refractivity contribution is 1.20. The summed E-state index contributed by atoms with van der Waals surface area (Å²) in [5, 5.41) is 7.79. The highest BCUT2D eigenvalue weighted by atomic mass is 35.5. The molecule has 2 rings (SSSR count). The molecule has 0 saturated heterocycles. The van der Waals surface area contributed by atoms with Crippen molar-refractivity contribution in [3.63, 3.8) is 0 Å². The number of hydrogen-bond acceptors (Lipinski definition) is 3. The maximum atomic E-state index is 5.93. The van der Waals surface area contributed by atoms with Gasteiger partial charge in [0.1, 0.15) is 5.71 Å². The van der Waals surface area contributed by atoms with E-state index >= 15 is 0 Å². The monoisotopic (exact) mass is 278 g/mol. The Balaban J connectivity index is 2.48. The lowest BCUT2D eigenvalue weighted by Gasteiger charge is -2.02. The highest BCUT2D eigenvalue weighted by molar-refractivity contribution is 7.18. The number of guanidine groups is 1. The van der Waals surface area contributed by atoms with Crippen molar-refractivity contribution in [1.82, 2.24) is 0 Å². The van der Waals surface area contributed by atoms with Gasteiger partial charge in [0, 0.05) is 5.56 Å². The van der Waals surface area contributed by atoms with Gasteiger partial charge in [0.2, 0.25) is 5.96 Å². The van der Waals surface area contributed by atoms with Crippen molar-refractivity contribution in [2.24, 2.45) is 21.7 Å². The first-order valence-electron chi connectivity index (χ1n) is 5.14. The van der Waals surface area contributed by atoms with Crippen molar-refractivity contribution < 1.29 is 0 Å². The fourth-order valence-corrected chi connectivity index (χ4v) is 2.44. The molecule has 0 fully saturated rings. The van der Waals surface area contributed by atoms with E-state index in [1.54, 1.807) is 0 Å². The molecule has 0 bridgehead atoms. The zero-order valence-electron chi connectivity index (χ0n) is 9.38. The van der Waals surface area contributed by atoms with Gasteiger partial charge in [-0.3, -0.25) is 0 Å². The molecule has 0 aliphatic carbocycles. The Kier molecular flexibility index (Phi) is 3.96. The van der Waals surface area contributed by atoms with Crippen LogP contribution in [0.4, 0.5) is 0 Å². The van der Waals surface area contributed by atoms with E-state index in [0.29, 0.717) is 10.0 Å². The van der Waals surface area contributed by atoms with Crippen molar-refractivity contribution in [1.29, 1.82) is 0 Å². The summed E-state index contributed by atoms with van der Waals surface area (Å²) in [4.78, 5) is 0.913. The van der Waals surface area contributed by atoms with Crippen molar-refractivity contribution in [2.75, 3.05) is 0 Å². The fraction of sp³-hybridized carbons (Fsp3) is 0. The van der Waals surface area contributed by atoms with Crippen LogP contribution < -0.4 is 11.5 Å². The number of thiophene rings is 1. The van der Waals surface area contributed by atoms with Gasteiger partial charge in [0.15, 0.2) is 0 Å². The maximum absolute atomic E-state index is 5.93. The van der Waals surface area contributed by atoms with Gasteiger partial charge in [-0.05, 0) is 12.1 Å². The maximum Gasteiger partial charge on any atom is 0.211 e. The second kappa shape index (κ2) is 5.66. The van der Waals surface area contributed by atoms with Crippen LogP contribution in [0.1, 0.15) is 10.4 Å². The number of benzene rings is 1. The molecule has 4 N–H and O–H groups in total. The SMILES string of the molecule is NC(N)=NN=C(c1ccccc1)c1ccc(Cl)s1. The van der Waals surface area contributed by atoms with Gasteiger partial charge in [-0.25, -0.2) is 0 Å². The topological polar surface area (TPSA) is 76.8 Å². The van der Waals surface area contributed by atoms with Crippen molar-refractivity contribution in [3.05, 3.63) is 57.2 Å². The van der Waals surface area contributed by atoms with Crippen molar-refractivity contribution >= 4 is 34.6 Å². The molecule has 0 amide bonds. The molecular formula is C12H11ClN4S. The van der Waals surface area contributed by atoms with Crippen LogP contribution in [0.15, 0.2) is 52.7 Å². The summed E-state index contributed by atoms with van der Waals surface area (Å²) in [5.41, 5.74) is 12.2. The highest BCUT2D eigenvalue weighted by Gasteiger charge is 2.09. The zero-order chi connectivity index (χ0) is 13.0. The van der Waals surface area contributed by atoms with Gasteiger partial charge in [0.25, 0.3) is 0 Å². The van der Waals surface area contributed by atoms with Gasteiger partial charge in [-0.2, -0.15) is 0 Å². The molecule has 2 aromatic rings. The van der Waals surface area contributed by atoms with E-state index in [0.717, 1.165) is 10.4 Å². The average molecular weight is 279 g/mol. The third kappa shape index (κ3) is 3.09. The van der Waals surface area contributed by atoms with Gasteiger partial charge >= 0.3 is 0 Å². The number of rotatable bonds is 3. The Labute approximate surface area is 114 Å². The van der Waals surface area contributed by atoms with E-state index < -0.39 is 0 Å². The third-order valence-electron chi connectivity index (χ3n) is 2.12. The van der Waals surface area contributed by atoms with Crippen LogP contribution in [0.5, 0.6) is 0 Å². The van der Waals surface area contributed by atoms with E-state index in [1.165, 1.54) is 11.3 Å². The molecule has 0 saturated carbocycles. The lowest BCUT2D eigenvalue weighted by atomic mass is 10.1. The second-order valence-corrected chi connectivity index (χ2v) is 5.16. The fourth-order valence-electron chi connectivity index (χ4n) is 1.39. The van der Waals surface area contributed by atoms with Gasteiger partial charge in [0.05, 0.1) is 9.21 Å². The number of halogens is 1. The Morgan fingerprint density at radius 3 is 2.28 bits per heavy atom. The summed E-state index contributed by atoms with van der Waals surface area (Å²) in [6, 6.07) is 13.4. The standard InChI is InChI=1S/C12H11ClN4S/c13-10-7-6-9(18-10)11(16-17-12(14)15)8-4-2-1-3-5-8/h1-7H,(H4,14,15,17). The summed E-state index contributed by atoms with van der Waals surface area (Å²) < 4.78 is 0.693. The first kappa shape index (κ1) is 12.6. The summed E-state index contributed by atoms with van der Waals surface area (Å²) in [6.07, 6.45) is 0. The molecule has 1 aromatic heterocycles. The van der Waals surface area contributed by atoms with Crippen molar-refractivity contribution in [3.8, 4) is 0 Å². The minimum Gasteiger partial charge on any atom is -0.369 e. The van der Waals surface area contributed by atoms with E-state index in [-0.39, 0.29) is 5.96 Å². The van der Waals surface area contributed by atoms with E-state index in [2.05, 4.69) is 10.2 Å². The van der Waals surface area contributed by atoms with Gasteiger partial charge in [-0.1, -0.05) is 41.9 Å². The molecular weight excluding hydrogens is 268 g/mol. The Bertz CT molecular complexity index is 585. The minimum absolute atomic E-state index is 0.0777. The molecule has 0 unspecified atom stereocenters. The second-order valence-electron chi connectivity index (χ2n) is 3.44. The van der Waals surface area contributed by atoms with Gasteiger partial charge in [-0.15, -0.1) is 21.5 Å². The molecule has 0 spiro atoms. The molecule has 6 heteroatoms. The predicted octanol–water partition coefficient (Wildman–Crippen LogP) is 2.43. The van der Waals surface area contributed by atoms with Crippen LogP contribution in [0.3, 0.4) is 0 Å². The summed E-state index contributed by atoms with van der Waals surface area (Å²) in [6.45, 7) is 0. The number of nitrogens with zero attached hydrogens (tertiary/aromatic N) is 2. The largest absolute Gasteiger partial charge is 0.369 e. The summed E-state index contributed by atoms with van der Waals surface area (Å²) >= 11 is 7.36. The molecule has 18 heavy (non-hydrogen) atoms. The van der Waals surface area contributed by atoms with E-state index in [4.69, 9.17) is 23.1 Å². The van der Waals surface area contributed by atoms with Crippen LogP contribution in [-0.2, 0) is 0 Å². The Hall–Kier alpha value is -1.85. The molecule has 0 atom stereocenters. The Morgan fingerprint density at radius 1 is 1.00 bits per heavy atom.